The van der Waals surface area contributed by atoms with Gasteiger partial charge in [-0.1, -0.05) is 188 Å². The average molecular weight is 740 g/mol. The number of hydrogen-bond donors (Lipinski definition) is 0. The number of furan rings is 1. The summed E-state index contributed by atoms with van der Waals surface area (Å²) in [6.45, 7) is 0. The molecule has 0 spiro atoms. The van der Waals surface area contributed by atoms with Gasteiger partial charge < -0.3 is 9.32 Å². The van der Waals surface area contributed by atoms with Crippen LogP contribution in [0.15, 0.2) is 229 Å². The Kier molecular flexibility index (Phi) is 8.19. The molecule has 1 aromatic heterocycles. The zero-order valence-electron chi connectivity index (χ0n) is 31.7. The van der Waals surface area contributed by atoms with Crippen LogP contribution in [0.1, 0.15) is 0 Å². The summed E-state index contributed by atoms with van der Waals surface area (Å²) < 4.78 is 6.85. The maximum absolute atomic E-state index is 6.85. The molecule has 0 aliphatic rings. The fraction of sp³-hybridized carbons (Fsp3) is 0. The van der Waals surface area contributed by atoms with Crippen molar-refractivity contribution in [2.45, 2.75) is 0 Å². The van der Waals surface area contributed by atoms with Gasteiger partial charge in [-0.05, 0) is 91.7 Å². The van der Waals surface area contributed by atoms with Gasteiger partial charge in [0.25, 0.3) is 0 Å². The second-order valence-electron chi connectivity index (χ2n) is 14.9. The molecule has 1 heterocycles. The van der Waals surface area contributed by atoms with Gasteiger partial charge in [-0.15, -0.1) is 0 Å². The summed E-state index contributed by atoms with van der Waals surface area (Å²) in [6.07, 6.45) is 0. The lowest BCUT2D eigenvalue weighted by Gasteiger charge is -2.28. The Bertz CT molecular complexity index is 3250. The number of rotatable bonds is 7. The first-order valence-corrected chi connectivity index (χ1v) is 19.8. The maximum Gasteiger partial charge on any atom is 0.143 e. The molecule has 0 saturated heterocycles. The van der Waals surface area contributed by atoms with E-state index >= 15 is 0 Å². The van der Waals surface area contributed by atoms with Gasteiger partial charge in [-0.3, -0.25) is 0 Å². The standard InChI is InChI=1S/C56H37NO/c1-3-14-38(15-4-1)40-28-30-42(31-29-40)44-20-11-21-46(36-44)57(45-34-32-41(33-35-45)39-16-5-2-6-17-39)53-37-52-55-50(48-25-12-19-43-18-7-8-22-47(43)48)26-13-27-54(55)58-56(52)51-24-10-9-23-49(51)53/h1-37H. The van der Waals surface area contributed by atoms with Crippen molar-refractivity contribution in [3.8, 4) is 44.5 Å². The lowest BCUT2D eigenvalue weighted by atomic mass is 9.93. The van der Waals surface area contributed by atoms with Crippen molar-refractivity contribution in [3.05, 3.63) is 224 Å². The summed E-state index contributed by atoms with van der Waals surface area (Å²) in [5.74, 6) is 0. The summed E-state index contributed by atoms with van der Waals surface area (Å²) >= 11 is 0. The van der Waals surface area contributed by atoms with Crippen LogP contribution in [-0.4, -0.2) is 0 Å². The van der Waals surface area contributed by atoms with Crippen molar-refractivity contribution in [1.29, 1.82) is 0 Å². The van der Waals surface area contributed by atoms with E-state index in [1.54, 1.807) is 0 Å². The number of benzene rings is 10. The van der Waals surface area contributed by atoms with Gasteiger partial charge in [0, 0.05) is 32.9 Å². The second kappa shape index (κ2) is 14.1. The van der Waals surface area contributed by atoms with Crippen LogP contribution in [0.2, 0.25) is 0 Å². The zero-order valence-corrected chi connectivity index (χ0v) is 31.7. The van der Waals surface area contributed by atoms with E-state index in [2.05, 4.69) is 229 Å². The Hall–Kier alpha value is -7.68. The SMILES string of the molecule is c1ccc(-c2ccc(-c3cccc(N(c4ccc(-c5ccccc5)cc4)c4cc5c(oc6cccc(-c7cccc8ccccc78)c65)c5ccccc45)c3)cc2)cc1. The van der Waals surface area contributed by atoms with Gasteiger partial charge in [0.05, 0.1) is 5.69 Å². The second-order valence-corrected chi connectivity index (χ2v) is 14.9. The third-order valence-electron chi connectivity index (χ3n) is 11.5. The molecule has 0 unspecified atom stereocenters. The molecule has 0 aliphatic heterocycles. The van der Waals surface area contributed by atoms with E-state index in [1.165, 1.54) is 44.2 Å². The fourth-order valence-electron chi connectivity index (χ4n) is 8.67. The Morgan fingerprint density at radius 2 is 0.828 bits per heavy atom. The van der Waals surface area contributed by atoms with Crippen molar-refractivity contribution >= 4 is 60.5 Å². The van der Waals surface area contributed by atoms with E-state index in [0.717, 1.165) is 60.9 Å². The van der Waals surface area contributed by atoms with Crippen LogP contribution in [0.5, 0.6) is 0 Å². The molecular formula is C56H37NO. The third kappa shape index (κ3) is 5.82. The van der Waals surface area contributed by atoms with Crippen LogP contribution in [0.3, 0.4) is 0 Å². The highest BCUT2D eigenvalue weighted by Gasteiger charge is 2.22. The molecule has 0 amide bonds. The Morgan fingerprint density at radius 3 is 1.55 bits per heavy atom. The molecule has 272 valence electrons. The Balaban J connectivity index is 1.14. The smallest absolute Gasteiger partial charge is 0.143 e. The Labute approximate surface area is 337 Å². The van der Waals surface area contributed by atoms with Crippen LogP contribution in [0.25, 0.3) is 88.0 Å². The molecular weight excluding hydrogens is 703 g/mol. The van der Waals surface area contributed by atoms with Gasteiger partial charge in [0.1, 0.15) is 11.2 Å². The van der Waals surface area contributed by atoms with E-state index in [-0.39, 0.29) is 0 Å². The highest BCUT2D eigenvalue weighted by molar-refractivity contribution is 6.23. The minimum Gasteiger partial charge on any atom is -0.455 e. The van der Waals surface area contributed by atoms with E-state index in [1.807, 2.05) is 0 Å². The number of fused-ring (bicyclic) bond motifs is 6. The lowest BCUT2D eigenvalue weighted by Crippen LogP contribution is -2.10. The van der Waals surface area contributed by atoms with Crippen molar-refractivity contribution in [3.63, 3.8) is 0 Å². The van der Waals surface area contributed by atoms with E-state index in [4.69, 9.17) is 4.42 Å². The number of nitrogens with zero attached hydrogens (tertiary/aromatic N) is 1. The number of anilines is 3. The van der Waals surface area contributed by atoms with Crippen molar-refractivity contribution < 1.29 is 4.42 Å². The van der Waals surface area contributed by atoms with Crippen LogP contribution >= 0.6 is 0 Å². The molecule has 0 N–H and O–H groups in total. The molecule has 10 aromatic carbocycles. The van der Waals surface area contributed by atoms with E-state index in [9.17, 15) is 0 Å². The van der Waals surface area contributed by atoms with Gasteiger partial charge >= 0.3 is 0 Å². The largest absolute Gasteiger partial charge is 0.455 e. The van der Waals surface area contributed by atoms with Crippen LogP contribution in [-0.2, 0) is 0 Å². The highest BCUT2D eigenvalue weighted by atomic mass is 16.3. The maximum atomic E-state index is 6.85. The van der Waals surface area contributed by atoms with Crippen LogP contribution in [0, 0.1) is 0 Å². The minimum atomic E-state index is 0.877. The summed E-state index contributed by atoms with van der Waals surface area (Å²) in [5.41, 5.74) is 14.5. The first kappa shape index (κ1) is 33.6. The summed E-state index contributed by atoms with van der Waals surface area (Å²) in [7, 11) is 0. The molecule has 11 aromatic rings. The molecule has 0 radical (unpaired) electrons. The molecule has 11 rings (SSSR count). The fourth-order valence-corrected chi connectivity index (χ4v) is 8.67. The predicted octanol–water partition coefficient (Wildman–Crippen LogP) is 16.0. The summed E-state index contributed by atoms with van der Waals surface area (Å²) in [5, 5.41) is 6.84. The van der Waals surface area contributed by atoms with Gasteiger partial charge in [-0.2, -0.15) is 0 Å². The molecule has 0 atom stereocenters. The average Bonchev–Trinajstić information content (AvgIpc) is 3.69. The minimum absolute atomic E-state index is 0.877. The zero-order chi connectivity index (χ0) is 38.4. The van der Waals surface area contributed by atoms with Crippen LogP contribution < -0.4 is 4.90 Å². The van der Waals surface area contributed by atoms with Crippen molar-refractivity contribution in [1.82, 2.24) is 0 Å². The molecule has 0 saturated carbocycles. The normalized spacial score (nSPS) is 11.4. The quantitative estimate of drug-likeness (QED) is 0.162. The summed E-state index contributed by atoms with van der Waals surface area (Å²) in [4.78, 5) is 2.41. The molecule has 2 heteroatoms. The van der Waals surface area contributed by atoms with Gasteiger partial charge in [0.2, 0.25) is 0 Å². The first-order valence-electron chi connectivity index (χ1n) is 19.8. The van der Waals surface area contributed by atoms with E-state index in [0.29, 0.717) is 0 Å². The highest BCUT2D eigenvalue weighted by Crippen LogP contribution is 2.47. The predicted molar refractivity (Wildman–Crippen MR) is 245 cm³/mol. The van der Waals surface area contributed by atoms with Crippen molar-refractivity contribution in [2.75, 3.05) is 4.90 Å². The molecule has 2 nitrogen and oxygen atoms in total. The molecule has 0 bridgehead atoms. The summed E-state index contributed by atoms with van der Waals surface area (Å²) in [6, 6.07) is 80.6. The Morgan fingerprint density at radius 1 is 0.310 bits per heavy atom. The van der Waals surface area contributed by atoms with Gasteiger partial charge in [0.15, 0.2) is 0 Å². The lowest BCUT2D eigenvalue weighted by molar-refractivity contribution is 0.673. The molecule has 0 fully saturated rings. The first-order chi connectivity index (χ1) is 28.8. The van der Waals surface area contributed by atoms with Gasteiger partial charge in [-0.25, -0.2) is 0 Å². The van der Waals surface area contributed by atoms with Crippen LogP contribution in [0.4, 0.5) is 17.1 Å². The third-order valence-corrected chi connectivity index (χ3v) is 11.5. The molecule has 58 heavy (non-hydrogen) atoms. The van der Waals surface area contributed by atoms with E-state index < -0.39 is 0 Å². The monoisotopic (exact) mass is 739 g/mol. The molecule has 0 aliphatic carbocycles. The number of hydrogen-bond acceptors (Lipinski definition) is 2. The topological polar surface area (TPSA) is 16.4 Å². The van der Waals surface area contributed by atoms with Crippen molar-refractivity contribution in [2.24, 2.45) is 0 Å².